The lowest BCUT2D eigenvalue weighted by Gasteiger charge is -2.35. The van der Waals surface area contributed by atoms with Crippen LogP contribution >= 0.6 is 0 Å². The molecule has 10 heteroatoms. The van der Waals surface area contributed by atoms with E-state index in [1.54, 1.807) is 23.3 Å². The number of nitrogens with zero attached hydrogens (tertiary/aromatic N) is 7. The smallest absolute Gasteiger partial charge is 0.341 e. The number of esters is 1. The van der Waals surface area contributed by atoms with Gasteiger partial charge in [0.2, 0.25) is 0 Å². The molecule has 212 valence electrons. The van der Waals surface area contributed by atoms with Gasteiger partial charge in [-0.15, -0.1) is 5.10 Å². The fraction of sp³-hybridized carbons (Fsp3) is 0.419. The number of rotatable bonds is 8. The molecule has 41 heavy (non-hydrogen) atoms. The van der Waals surface area contributed by atoms with E-state index in [1.165, 1.54) is 13.5 Å². The largest absolute Gasteiger partial charge is 0.465 e. The quantitative estimate of drug-likeness (QED) is 0.285. The number of hydrogen-bond acceptors (Lipinski definition) is 7. The summed E-state index contributed by atoms with van der Waals surface area (Å²) in [7, 11) is 3.23. The summed E-state index contributed by atoms with van der Waals surface area (Å²) in [5.74, 6) is -0.143. The second-order valence-corrected chi connectivity index (χ2v) is 11.1. The lowest BCUT2D eigenvalue weighted by atomic mass is 9.97. The first kappa shape index (κ1) is 26.9. The third kappa shape index (κ3) is 5.26. The van der Waals surface area contributed by atoms with Gasteiger partial charge in [0.05, 0.1) is 35.9 Å². The molecule has 3 aromatic heterocycles. The molecule has 1 aliphatic heterocycles. The Morgan fingerprint density at radius 1 is 1.07 bits per heavy atom. The number of methoxy groups -OCH3 is 1. The van der Waals surface area contributed by atoms with Gasteiger partial charge < -0.3 is 9.64 Å². The monoisotopic (exact) mass is 553 g/mol. The molecule has 3 atom stereocenters. The Balaban J connectivity index is 1.31. The van der Waals surface area contributed by atoms with Crippen LogP contribution in [0.25, 0.3) is 16.8 Å². The van der Waals surface area contributed by atoms with E-state index in [-0.39, 0.29) is 17.7 Å². The molecule has 1 aliphatic carbocycles. The van der Waals surface area contributed by atoms with Gasteiger partial charge >= 0.3 is 5.97 Å². The summed E-state index contributed by atoms with van der Waals surface area (Å²) >= 11 is 0. The summed E-state index contributed by atoms with van der Waals surface area (Å²) in [6, 6.07) is 10.2. The molecule has 1 saturated heterocycles. The van der Waals surface area contributed by atoms with Crippen molar-refractivity contribution in [3.05, 3.63) is 77.6 Å². The third-order valence-electron chi connectivity index (χ3n) is 8.27. The van der Waals surface area contributed by atoms with Crippen molar-refractivity contribution in [2.45, 2.75) is 63.3 Å². The van der Waals surface area contributed by atoms with Gasteiger partial charge in [-0.2, -0.15) is 5.10 Å². The van der Waals surface area contributed by atoms with Gasteiger partial charge in [-0.1, -0.05) is 30.7 Å². The summed E-state index contributed by atoms with van der Waals surface area (Å²) < 4.78 is 8.59. The molecule has 2 fully saturated rings. The summed E-state index contributed by atoms with van der Waals surface area (Å²) in [4.78, 5) is 32.7. The molecule has 0 N–H and O–H groups in total. The molecular weight excluding hydrogens is 518 g/mol. The minimum atomic E-state index is -0.415. The highest BCUT2D eigenvalue weighted by molar-refractivity contribution is 5.95. The Hall–Kier alpha value is -4.34. The molecule has 1 aromatic carbocycles. The highest BCUT2D eigenvalue weighted by atomic mass is 16.5. The van der Waals surface area contributed by atoms with E-state index in [2.05, 4.69) is 27.3 Å². The molecule has 1 amide bonds. The predicted molar refractivity (Wildman–Crippen MR) is 153 cm³/mol. The first-order chi connectivity index (χ1) is 20.0. The molecule has 3 unspecified atom stereocenters. The van der Waals surface area contributed by atoms with Crippen molar-refractivity contribution < 1.29 is 14.3 Å². The standard InChI is InChI=1S/C31H35N7O3/c1-4-8-23-10-5-6-12-37(23)30(39)22-13-21(16-32-17-22)20-9-7-11-24(14-20)38-29(27(18-33-38)31(40)41-3)26-15-25(26)28-19-36(2)35-34-28/h7,9,11,13-14,16-19,23,25-26H,4-6,8,10,12,15H2,1-3H3. The molecule has 0 spiro atoms. The SMILES string of the molecule is CCCC1CCCCN1C(=O)c1cncc(-c2cccc(-n3ncc(C(=O)OC)c3C3CC3c3cn(C)nn3)c2)c1. The van der Waals surface area contributed by atoms with Crippen molar-refractivity contribution in [3.8, 4) is 16.8 Å². The van der Waals surface area contributed by atoms with Gasteiger partial charge in [0, 0.05) is 55.6 Å². The summed E-state index contributed by atoms with van der Waals surface area (Å²) in [5.41, 5.74) is 5.34. The number of ether oxygens (including phenoxy) is 1. The number of aromatic nitrogens is 6. The zero-order valence-electron chi connectivity index (χ0n) is 23.7. The molecule has 0 bridgehead atoms. The molecular formula is C31H35N7O3. The first-order valence-electron chi connectivity index (χ1n) is 14.4. The maximum Gasteiger partial charge on any atom is 0.341 e. The van der Waals surface area contributed by atoms with Crippen LogP contribution in [0, 0.1) is 0 Å². The topological polar surface area (TPSA) is 108 Å². The van der Waals surface area contributed by atoms with Crippen molar-refractivity contribution in [1.29, 1.82) is 0 Å². The molecule has 4 heterocycles. The van der Waals surface area contributed by atoms with Crippen LogP contribution in [0.5, 0.6) is 0 Å². The normalized spacial score (nSPS) is 20.2. The fourth-order valence-electron chi connectivity index (χ4n) is 6.15. The highest BCUT2D eigenvalue weighted by Crippen LogP contribution is 2.55. The van der Waals surface area contributed by atoms with Gasteiger partial charge in [0.15, 0.2) is 0 Å². The molecule has 4 aromatic rings. The molecule has 10 nitrogen and oxygen atoms in total. The second kappa shape index (κ2) is 11.3. The van der Waals surface area contributed by atoms with Crippen LogP contribution in [-0.2, 0) is 11.8 Å². The van der Waals surface area contributed by atoms with Gasteiger partial charge in [-0.3, -0.25) is 14.5 Å². The van der Waals surface area contributed by atoms with Crippen molar-refractivity contribution in [1.82, 2.24) is 34.7 Å². The number of aryl methyl sites for hydroxylation is 1. The van der Waals surface area contributed by atoms with Crippen molar-refractivity contribution in [3.63, 3.8) is 0 Å². The Labute approximate surface area is 239 Å². The number of hydrogen-bond donors (Lipinski definition) is 0. The third-order valence-corrected chi connectivity index (χ3v) is 8.27. The zero-order chi connectivity index (χ0) is 28.5. The number of piperidine rings is 1. The van der Waals surface area contributed by atoms with Crippen LogP contribution < -0.4 is 0 Å². The summed E-state index contributed by atoms with van der Waals surface area (Å²) in [5, 5.41) is 13.0. The number of pyridine rings is 1. The van der Waals surface area contributed by atoms with Crippen LogP contribution in [0.3, 0.4) is 0 Å². The van der Waals surface area contributed by atoms with E-state index in [4.69, 9.17) is 4.74 Å². The van der Waals surface area contributed by atoms with Crippen LogP contribution in [0.2, 0.25) is 0 Å². The van der Waals surface area contributed by atoms with Crippen molar-refractivity contribution in [2.75, 3.05) is 13.7 Å². The lowest BCUT2D eigenvalue weighted by molar-refractivity contribution is 0.0591. The molecule has 1 saturated carbocycles. The highest BCUT2D eigenvalue weighted by Gasteiger charge is 2.46. The fourth-order valence-corrected chi connectivity index (χ4v) is 6.15. The van der Waals surface area contributed by atoms with Crippen molar-refractivity contribution >= 4 is 11.9 Å². The Bertz CT molecular complexity index is 1570. The summed E-state index contributed by atoms with van der Waals surface area (Å²) in [6.45, 7) is 2.97. The Kier molecular flexibility index (Phi) is 7.38. The van der Waals surface area contributed by atoms with Crippen LogP contribution in [0.15, 0.2) is 55.1 Å². The van der Waals surface area contributed by atoms with Crippen LogP contribution in [0.4, 0.5) is 0 Å². The van der Waals surface area contributed by atoms with Crippen LogP contribution in [0.1, 0.15) is 89.4 Å². The number of carbonyl (C=O) groups excluding carboxylic acids is 2. The average Bonchev–Trinajstić information content (AvgIpc) is 3.46. The number of carbonyl (C=O) groups is 2. The van der Waals surface area contributed by atoms with Gasteiger partial charge in [-0.25, -0.2) is 9.48 Å². The minimum absolute atomic E-state index is 0.0505. The van der Waals surface area contributed by atoms with E-state index in [1.807, 2.05) is 53.2 Å². The molecule has 6 rings (SSSR count). The predicted octanol–water partition coefficient (Wildman–Crippen LogP) is 4.92. The maximum atomic E-state index is 13.5. The van der Waals surface area contributed by atoms with E-state index < -0.39 is 5.97 Å². The maximum absolute atomic E-state index is 13.5. The molecule has 0 radical (unpaired) electrons. The Morgan fingerprint density at radius 2 is 1.95 bits per heavy atom. The molecule has 2 aliphatic rings. The first-order valence-corrected chi connectivity index (χ1v) is 14.4. The van der Waals surface area contributed by atoms with E-state index in [9.17, 15) is 9.59 Å². The summed E-state index contributed by atoms with van der Waals surface area (Å²) in [6.07, 6.45) is 13.2. The second-order valence-electron chi connectivity index (χ2n) is 11.1. The van der Waals surface area contributed by atoms with E-state index in [0.29, 0.717) is 17.2 Å². The van der Waals surface area contributed by atoms with E-state index in [0.717, 1.165) is 66.9 Å². The minimum Gasteiger partial charge on any atom is -0.465 e. The van der Waals surface area contributed by atoms with Gasteiger partial charge in [0.1, 0.15) is 5.56 Å². The van der Waals surface area contributed by atoms with Crippen molar-refractivity contribution in [2.24, 2.45) is 7.05 Å². The lowest BCUT2D eigenvalue weighted by Crippen LogP contribution is -2.43. The van der Waals surface area contributed by atoms with Gasteiger partial charge in [0.25, 0.3) is 5.91 Å². The number of benzene rings is 1. The van der Waals surface area contributed by atoms with Crippen LogP contribution in [-0.4, -0.2) is 66.2 Å². The number of amides is 1. The number of likely N-dealkylation sites (tertiary alicyclic amines) is 1. The van der Waals surface area contributed by atoms with Gasteiger partial charge in [-0.05, 0) is 55.9 Å². The zero-order valence-corrected chi connectivity index (χ0v) is 23.7. The Morgan fingerprint density at radius 3 is 2.73 bits per heavy atom. The average molecular weight is 554 g/mol. The van der Waals surface area contributed by atoms with E-state index >= 15 is 0 Å².